The number of carbonyl (C=O) groups is 5. The Hall–Kier alpha value is -3.84. The minimum atomic E-state index is -1.36. The summed E-state index contributed by atoms with van der Waals surface area (Å²) in [5.74, 6) is 1.61. The van der Waals surface area contributed by atoms with Gasteiger partial charge in [0, 0.05) is 34.2 Å². The fourth-order valence-electron chi connectivity index (χ4n) is 3.67. The van der Waals surface area contributed by atoms with Crippen molar-refractivity contribution in [3.8, 4) is 5.75 Å². The molecule has 0 bridgehead atoms. The van der Waals surface area contributed by atoms with Gasteiger partial charge in [-0.1, -0.05) is 17.7 Å². The highest BCUT2D eigenvalue weighted by molar-refractivity contribution is 6.48. The monoisotopic (exact) mass is 494 g/mol. The number of aromatic hydroxyl groups is 1. The third kappa shape index (κ3) is 4.10. The Balaban J connectivity index is 1.93. The molecular weight excluding hydrogens is 472 g/mol. The van der Waals surface area contributed by atoms with E-state index in [1.807, 2.05) is 0 Å². The summed E-state index contributed by atoms with van der Waals surface area (Å²) >= 11 is 5.94. The number of amides is 5. The van der Waals surface area contributed by atoms with E-state index in [2.05, 4.69) is 0 Å². The van der Waals surface area contributed by atoms with Crippen LogP contribution in [0.3, 0.4) is 0 Å². The summed E-state index contributed by atoms with van der Waals surface area (Å²) in [5.41, 5.74) is -0.884. The fraction of sp³-hybridized carbons (Fsp3) is 0.350. The van der Waals surface area contributed by atoms with Crippen molar-refractivity contribution in [2.24, 2.45) is 5.84 Å². The van der Waals surface area contributed by atoms with Crippen LogP contribution >= 0.6 is 11.6 Å². The lowest BCUT2D eigenvalue weighted by Gasteiger charge is -2.40. The predicted molar refractivity (Wildman–Crippen MR) is 119 cm³/mol. The van der Waals surface area contributed by atoms with Crippen molar-refractivity contribution in [1.29, 1.82) is 0 Å². The van der Waals surface area contributed by atoms with Gasteiger partial charge >= 0.3 is 12.0 Å². The molecule has 0 radical (unpaired) electrons. The highest BCUT2D eigenvalue weighted by Crippen LogP contribution is 2.35. The second-order valence-corrected chi connectivity index (χ2v) is 8.23. The van der Waals surface area contributed by atoms with Gasteiger partial charge in [0.1, 0.15) is 22.5 Å². The Morgan fingerprint density at radius 2 is 1.79 bits per heavy atom. The molecule has 0 aliphatic carbocycles. The first-order chi connectivity index (χ1) is 15.9. The van der Waals surface area contributed by atoms with Crippen LogP contribution in [0, 0.1) is 0 Å². The van der Waals surface area contributed by atoms with Crippen molar-refractivity contribution in [2.45, 2.75) is 6.04 Å². The summed E-state index contributed by atoms with van der Waals surface area (Å²) < 4.78 is 0. The molecule has 1 fully saturated rings. The maximum Gasteiger partial charge on any atom is 0.328 e. The van der Waals surface area contributed by atoms with Crippen LogP contribution in [0.4, 0.5) is 10.5 Å². The van der Waals surface area contributed by atoms with E-state index < -0.39 is 52.2 Å². The number of piperazine rings is 1. The van der Waals surface area contributed by atoms with Crippen molar-refractivity contribution in [3.05, 3.63) is 34.5 Å². The highest BCUT2D eigenvalue weighted by atomic mass is 35.5. The zero-order valence-electron chi connectivity index (χ0n) is 18.6. The number of para-hydroxylation sites is 1. The molecule has 2 heterocycles. The van der Waals surface area contributed by atoms with Crippen molar-refractivity contribution in [2.75, 3.05) is 45.8 Å². The molecule has 14 heteroatoms. The van der Waals surface area contributed by atoms with Crippen LogP contribution in [0.2, 0.25) is 0 Å². The van der Waals surface area contributed by atoms with Gasteiger partial charge in [-0.25, -0.2) is 15.4 Å². The number of carboxylic acid groups (broad SMARTS) is 1. The number of hydrogen-bond donors (Lipinski definition) is 3. The Kier molecular flexibility index (Phi) is 6.70. The number of likely N-dealkylation sites (N-methyl/N-ethyl adjacent to an activating group) is 1. The summed E-state index contributed by atoms with van der Waals surface area (Å²) in [6.07, 6.45) is 0. The highest BCUT2D eigenvalue weighted by Gasteiger charge is 2.41. The Morgan fingerprint density at radius 1 is 1.15 bits per heavy atom. The molecule has 13 nitrogen and oxygen atoms in total. The van der Waals surface area contributed by atoms with Crippen molar-refractivity contribution < 1.29 is 34.2 Å². The summed E-state index contributed by atoms with van der Waals surface area (Å²) in [5, 5.41) is 20.7. The van der Waals surface area contributed by atoms with E-state index in [9.17, 15) is 34.2 Å². The number of benzene rings is 1. The number of phenols is 1. The number of anilines is 1. The zero-order valence-corrected chi connectivity index (χ0v) is 19.3. The fourth-order valence-corrected chi connectivity index (χ4v) is 3.97. The molecule has 0 aromatic heterocycles. The van der Waals surface area contributed by atoms with E-state index >= 15 is 0 Å². The molecule has 34 heavy (non-hydrogen) atoms. The summed E-state index contributed by atoms with van der Waals surface area (Å²) in [6.45, 7) is -0.255. The molecule has 0 spiro atoms. The van der Waals surface area contributed by atoms with Crippen LogP contribution in [0.1, 0.15) is 10.4 Å². The Labute approximate surface area is 199 Å². The number of aliphatic carboxylic acids is 1. The first-order valence-corrected chi connectivity index (χ1v) is 10.3. The largest absolute Gasteiger partial charge is 0.505 e. The van der Waals surface area contributed by atoms with Crippen LogP contribution in [0.15, 0.2) is 28.9 Å². The van der Waals surface area contributed by atoms with E-state index in [0.717, 1.165) is 9.80 Å². The first-order valence-electron chi connectivity index (χ1n) is 9.97. The number of nitrogens with two attached hydrogens (primary N) is 1. The second-order valence-electron chi connectivity index (χ2n) is 7.85. The maximum atomic E-state index is 13.2. The van der Waals surface area contributed by atoms with Gasteiger partial charge in [0.05, 0.1) is 12.1 Å². The molecule has 5 amide bonds. The number of phenolic OH excluding ortho intramolecular Hbond substituents is 1. The average Bonchev–Trinajstić information content (AvgIpc) is 2.99. The molecule has 1 unspecified atom stereocenters. The maximum absolute atomic E-state index is 13.2. The average molecular weight is 495 g/mol. The smallest absolute Gasteiger partial charge is 0.328 e. The molecule has 2 aliphatic heterocycles. The minimum absolute atomic E-state index is 0.0848. The third-order valence-electron chi connectivity index (χ3n) is 5.53. The Bertz CT molecular complexity index is 1120. The van der Waals surface area contributed by atoms with Gasteiger partial charge in [0.15, 0.2) is 5.75 Å². The van der Waals surface area contributed by atoms with Gasteiger partial charge < -0.3 is 24.9 Å². The number of nitrogens with zero attached hydrogens (tertiary/aromatic N) is 5. The Morgan fingerprint density at radius 3 is 2.32 bits per heavy atom. The zero-order chi connectivity index (χ0) is 25.5. The van der Waals surface area contributed by atoms with Crippen LogP contribution in [0.25, 0.3) is 0 Å². The van der Waals surface area contributed by atoms with Gasteiger partial charge in [-0.15, -0.1) is 0 Å². The molecular formula is C20H23ClN6O7. The van der Waals surface area contributed by atoms with Crippen LogP contribution in [0.5, 0.6) is 5.75 Å². The standard InChI is InChI=1S/C20H23ClN6O7/c1-23(2)20(34)25-7-8-26(12(9-25)19(32)33)16(29)10-5-4-6-11(15(10)28)27(22)14-13(21)17(30)24(3)18(14)31/h4-6,12,28H,7-9,22H2,1-3H3,(H,32,33). The van der Waals surface area contributed by atoms with E-state index in [1.165, 1.54) is 49.1 Å². The normalized spacial score (nSPS) is 18.5. The first kappa shape index (κ1) is 24.8. The molecule has 2 aliphatic rings. The van der Waals surface area contributed by atoms with Gasteiger partial charge in [-0.2, -0.15) is 0 Å². The second kappa shape index (κ2) is 9.19. The minimum Gasteiger partial charge on any atom is -0.505 e. The number of carboxylic acids is 1. The molecule has 1 aromatic rings. The SMILES string of the molecule is CN(C)C(=O)N1CCN(C(=O)c2cccc(N(N)C3=C(Cl)C(=O)N(C)C3=O)c2O)C(C(=O)O)C1. The van der Waals surface area contributed by atoms with E-state index in [-0.39, 0.29) is 30.9 Å². The third-order valence-corrected chi connectivity index (χ3v) is 5.87. The summed E-state index contributed by atoms with van der Waals surface area (Å²) in [7, 11) is 4.26. The summed E-state index contributed by atoms with van der Waals surface area (Å²) in [6, 6.07) is 2.16. The number of carbonyl (C=O) groups excluding carboxylic acids is 4. The molecule has 0 saturated carbocycles. The molecule has 1 saturated heterocycles. The van der Waals surface area contributed by atoms with Crippen molar-refractivity contribution in [3.63, 3.8) is 0 Å². The van der Waals surface area contributed by atoms with Gasteiger partial charge in [-0.05, 0) is 12.1 Å². The van der Waals surface area contributed by atoms with Crippen LogP contribution < -0.4 is 10.9 Å². The number of halogens is 1. The van der Waals surface area contributed by atoms with E-state index in [4.69, 9.17) is 17.4 Å². The van der Waals surface area contributed by atoms with Gasteiger partial charge in [-0.3, -0.25) is 24.3 Å². The number of imide groups is 1. The number of urea groups is 1. The lowest BCUT2D eigenvalue weighted by Crippen LogP contribution is -2.60. The molecule has 1 atom stereocenters. The van der Waals surface area contributed by atoms with Crippen LogP contribution in [-0.4, -0.2) is 106 Å². The topological polar surface area (TPSA) is 168 Å². The molecule has 4 N–H and O–H groups in total. The lowest BCUT2D eigenvalue weighted by molar-refractivity contribution is -0.144. The van der Waals surface area contributed by atoms with Crippen molar-refractivity contribution in [1.82, 2.24) is 19.6 Å². The number of hydrazine groups is 1. The number of hydrogen-bond acceptors (Lipinski definition) is 8. The molecule has 1 aromatic carbocycles. The number of rotatable bonds is 4. The molecule has 182 valence electrons. The lowest BCUT2D eigenvalue weighted by atomic mass is 10.1. The summed E-state index contributed by atoms with van der Waals surface area (Å²) in [4.78, 5) is 66.1. The van der Waals surface area contributed by atoms with Crippen molar-refractivity contribution >= 4 is 47.0 Å². The molecule has 3 rings (SSSR count). The van der Waals surface area contributed by atoms with Crippen LogP contribution in [-0.2, 0) is 14.4 Å². The predicted octanol–water partition coefficient (Wildman–Crippen LogP) is -0.586. The van der Waals surface area contributed by atoms with Gasteiger partial charge in [0.25, 0.3) is 17.7 Å². The van der Waals surface area contributed by atoms with E-state index in [0.29, 0.717) is 5.01 Å². The van der Waals surface area contributed by atoms with Gasteiger partial charge in [0.2, 0.25) is 0 Å². The van der Waals surface area contributed by atoms with E-state index in [1.54, 1.807) is 0 Å². The quantitative estimate of drug-likeness (QED) is 0.281.